The quantitative estimate of drug-likeness (QED) is 0.378. The van der Waals surface area contributed by atoms with Gasteiger partial charge in [-0.25, -0.2) is 13.2 Å². The van der Waals surface area contributed by atoms with E-state index in [1.807, 2.05) is 0 Å². The highest BCUT2D eigenvalue weighted by atomic mass is 19.2. The van der Waals surface area contributed by atoms with Gasteiger partial charge in [-0.2, -0.15) is 0 Å². The van der Waals surface area contributed by atoms with Gasteiger partial charge in [0.2, 0.25) is 0 Å². The zero-order valence-electron chi connectivity index (χ0n) is 10.8. The van der Waals surface area contributed by atoms with Crippen molar-refractivity contribution >= 4 is 11.8 Å². The Kier molecular flexibility index (Phi) is 4.07. The van der Waals surface area contributed by atoms with Crippen molar-refractivity contribution in [2.75, 3.05) is 0 Å². The van der Waals surface area contributed by atoms with Crippen molar-refractivity contribution in [1.29, 1.82) is 0 Å². The molecule has 0 aliphatic rings. The fourth-order valence-electron chi connectivity index (χ4n) is 1.69. The fourth-order valence-corrected chi connectivity index (χ4v) is 1.69. The number of hydrogen-bond acceptors (Lipinski definition) is 3. The van der Waals surface area contributed by atoms with Crippen LogP contribution in [-0.2, 0) is 4.79 Å². The first-order valence-electron chi connectivity index (χ1n) is 5.86. The largest absolute Gasteiger partial charge is 0.427 e. The van der Waals surface area contributed by atoms with Crippen LogP contribution in [0.15, 0.2) is 36.4 Å². The third kappa shape index (κ3) is 3.28. The maximum Gasteiger partial charge on any atom is 0.308 e. The van der Waals surface area contributed by atoms with Gasteiger partial charge in [0.25, 0.3) is 0 Å². The Morgan fingerprint density at radius 1 is 0.905 bits per heavy atom. The second-order valence-electron chi connectivity index (χ2n) is 4.20. The van der Waals surface area contributed by atoms with Crippen LogP contribution in [0, 0.1) is 17.5 Å². The van der Waals surface area contributed by atoms with Crippen LogP contribution in [0.4, 0.5) is 13.2 Å². The van der Waals surface area contributed by atoms with Crippen molar-refractivity contribution in [2.24, 2.45) is 0 Å². The van der Waals surface area contributed by atoms with Gasteiger partial charge in [0.15, 0.2) is 23.2 Å². The molecule has 0 fully saturated rings. The number of rotatable bonds is 3. The monoisotopic (exact) mass is 294 g/mol. The lowest BCUT2D eigenvalue weighted by atomic mass is 10.0. The highest BCUT2D eigenvalue weighted by Gasteiger charge is 2.16. The Bertz CT molecular complexity index is 686. The van der Waals surface area contributed by atoms with E-state index < -0.39 is 29.2 Å². The van der Waals surface area contributed by atoms with Crippen molar-refractivity contribution in [1.82, 2.24) is 0 Å². The zero-order chi connectivity index (χ0) is 15.6. The first-order valence-corrected chi connectivity index (χ1v) is 5.86. The lowest BCUT2D eigenvalue weighted by molar-refractivity contribution is -0.131. The molecule has 0 N–H and O–H groups in total. The van der Waals surface area contributed by atoms with Crippen molar-refractivity contribution in [3.63, 3.8) is 0 Å². The summed E-state index contributed by atoms with van der Waals surface area (Å²) >= 11 is 0. The van der Waals surface area contributed by atoms with E-state index in [2.05, 4.69) is 0 Å². The molecule has 21 heavy (non-hydrogen) atoms. The highest BCUT2D eigenvalue weighted by Crippen LogP contribution is 2.19. The lowest BCUT2D eigenvalue weighted by Crippen LogP contribution is -2.05. The van der Waals surface area contributed by atoms with Gasteiger partial charge in [-0.05, 0) is 36.4 Å². The Morgan fingerprint density at radius 2 is 1.43 bits per heavy atom. The molecule has 0 spiro atoms. The SMILES string of the molecule is CC(=O)Oc1ccc(C(=O)c2cc(F)c(F)c(F)c2)cc1. The van der Waals surface area contributed by atoms with Gasteiger partial charge in [0, 0.05) is 18.1 Å². The van der Waals surface area contributed by atoms with Crippen LogP contribution < -0.4 is 4.74 Å². The molecule has 0 radical (unpaired) electrons. The average Bonchev–Trinajstić information content (AvgIpc) is 2.43. The summed E-state index contributed by atoms with van der Waals surface area (Å²) in [5, 5.41) is 0. The van der Waals surface area contributed by atoms with E-state index in [0.717, 1.165) is 0 Å². The fraction of sp³-hybridized carbons (Fsp3) is 0.0667. The predicted molar refractivity (Wildman–Crippen MR) is 67.5 cm³/mol. The van der Waals surface area contributed by atoms with Gasteiger partial charge in [0.05, 0.1) is 0 Å². The minimum Gasteiger partial charge on any atom is -0.427 e. The maximum absolute atomic E-state index is 13.1. The molecule has 0 saturated heterocycles. The van der Waals surface area contributed by atoms with Crippen molar-refractivity contribution in [3.05, 3.63) is 65.0 Å². The van der Waals surface area contributed by atoms with Crippen LogP contribution in [0.5, 0.6) is 5.75 Å². The molecule has 0 atom stereocenters. The Hall–Kier alpha value is -2.63. The minimum atomic E-state index is -1.63. The van der Waals surface area contributed by atoms with Crippen molar-refractivity contribution in [2.45, 2.75) is 6.92 Å². The lowest BCUT2D eigenvalue weighted by Gasteiger charge is -2.05. The number of hydrogen-bond donors (Lipinski definition) is 0. The van der Waals surface area contributed by atoms with Crippen molar-refractivity contribution < 1.29 is 27.5 Å². The normalized spacial score (nSPS) is 10.3. The first kappa shape index (κ1) is 14.8. The number of esters is 1. The molecule has 0 bridgehead atoms. The van der Waals surface area contributed by atoms with Crippen LogP contribution in [0.25, 0.3) is 0 Å². The van der Waals surface area contributed by atoms with Gasteiger partial charge in [-0.15, -0.1) is 0 Å². The van der Waals surface area contributed by atoms with E-state index in [0.29, 0.717) is 12.1 Å². The van der Waals surface area contributed by atoms with Gasteiger partial charge < -0.3 is 4.74 Å². The van der Waals surface area contributed by atoms with E-state index in [9.17, 15) is 22.8 Å². The van der Waals surface area contributed by atoms with E-state index in [1.165, 1.54) is 31.2 Å². The number of halogens is 3. The molecule has 2 rings (SSSR count). The van der Waals surface area contributed by atoms with Gasteiger partial charge in [-0.1, -0.05) is 0 Å². The highest BCUT2D eigenvalue weighted by molar-refractivity contribution is 6.09. The Labute approximate surface area is 118 Å². The van der Waals surface area contributed by atoms with Gasteiger partial charge >= 0.3 is 5.97 Å². The number of ether oxygens (including phenoxy) is 1. The summed E-state index contributed by atoms with van der Waals surface area (Å²) in [5.41, 5.74) is -0.192. The molecule has 6 heteroatoms. The number of carbonyl (C=O) groups excluding carboxylic acids is 2. The Balaban J connectivity index is 2.30. The molecular weight excluding hydrogens is 285 g/mol. The summed E-state index contributed by atoms with van der Waals surface area (Å²) in [5.74, 6) is -5.46. The molecule has 2 aromatic carbocycles. The summed E-state index contributed by atoms with van der Waals surface area (Å²) in [7, 11) is 0. The summed E-state index contributed by atoms with van der Waals surface area (Å²) in [6.07, 6.45) is 0. The predicted octanol–water partition coefficient (Wildman–Crippen LogP) is 3.26. The second-order valence-corrected chi connectivity index (χ2v) is 4.20. The number of ketones is 1. The minimum absolute atomic E-state index is 0.122. The standard InChI is InChI=1S/C15H9F3O3/c1-8(19)21-11-4-2-9(3-5-11)15(20)10-6-12(16)14(18)13(17)7-10/h2-7H,1H3. The topological polar surface area (TPSA) is 43.4 Å². The second kappa shape index (κ2) is 5.78. The van der Waals surface area contributed by atoms with E-state index in [-0.39, 0.29) is 16.9 Å². The van der Waals surface area contributed by atoms with Crippen LogP contribution in [-0.4, -0.2) is 11.8 Å². The summed E-state index contributed by atoms with van der Waals surface area (Å²) < 4.78 is 43.8. The molecular formula is C15H9F3O3. The van der Waals surface area contributed by atoms with Crippen molar-refractivity contribution in [3.8, 4) is 5.75 Å². The zero-order valence-corrected chi connectivity index (χ0v) is 10.8. The summed E-state index contributed by atoms with van der Waals surface area (Å²) in [6, 6.07) is 6.65. The van der Waals surface area contributed by atoms with Gasteiger partial charge in [-0.3, -0.25) is 9.59 Å². The third-order valence-corrected chi connectivity index (χ3v) is 2.62. The Morgan fingerprint density at radius 3 is 1.90 bits per heavy atom. The van der Waals surface area contributed by atoms with E-state index in [1.54, 1.807) is 0 Å². The first-order chi connectivity index (χ1) is 9.88. The third-order valence-electron chi connectivity index (χ3n) is 2.62. The molecule has 0 saturated carbocycles. The average molecular weight is 294 g/mol. The molecule has 0 aromatic heterocycles. The summed E-state index contributed by atoms with van der Waals surface area (Å²) in [6.45, 7) is 1.23. The van der Waals surface area contributed by atoms with E-state index >= 15 is 0 Å². The van der Waals surface area contributed by atoms with Crippen LogP contribution >= 0.6 is 0 Å². The number of benzene rings is 2. The maximum atomic E-state index is 13.1. The summed E-state index contributed by atoms with van der Waals surface area (Å²) in [4.78, 5) is 22.8. The van der Waals surface area contributed by atoms with Gasteiger partial charge in [0.1, 0.15) is 5.75 Å². The molecule has 0 heterocycles. The van der Waals surface area contributed by atoms with Crippen LogP contribution in [0.1, 0.15) is 22.8 Å². The van der Waals surface area contributed by atoms with E-state index in [4.69, 9.17) is 4.74 Å². The molecule has 0 unspecified atom stereocenters. The molecule has 0 aliphatic carbocycles. The molecule has 2 aromatic rings. The van der Waals surface area contributed by atoms with Crippen LogP contribution in [0.3, 0.4) is 0 Å². The molecule has 108 valence electrons. The van der Waals surface area contributed by atoms with Crippen LogP contribution in [0.2, 0.25) is 0 Å². The number of carbonyl (C=O) groups is 2. The molecule has 3 nitrogen and oxygen atoms in total. The molecule has 0 amide bonds. The smallest absolute Gasteiger partial charge is 0.308 e. The molecule has 0 aliphatic heterocycles.